The van der Waals surface area contributed by atoms with Gasteiger partial charge in [0.15, 0.2) is 0 Å². The lowest BCUT2D eigenvalue weighted by Gasteiger charge is -2.33. The van der Waals surface area contributed by atoms with Crippen molar-refractivity contribution in [2.45, 2.75) is 25.4 Å². The summed E-state index contributed by atoms with van der Waals surface area (Å²) in [6.07, 6.45) is -2.32. The number of hydrogen-bond acceptors (Lipinski definition) is 2. The molecule has 1 aliphatic heterocycles. The molecule has 0 amide bonds. The Morgan fingerprint density at radius 1 is 1.36 bits per heavy atom. The number of alkyl halides is 3. The zero-order valence-electron chi connectivity index (χ0n) is 8.19. The number of piperidine rings is 1. The second kappa shape index (κ2) is 4.98. The lowest BCUT2D eigenvalue weighted by Crippen LogP contribution is -2.42. The molecule has 84 valence electrons. The van der Waals surface area contributed by atoms with Crippen LogP contribution in [-0.2, 0) is 0 Å². The third kappa shape index (κ3) is 3.46. The molecule has 2 nitrogen and oxygen atoms in total. The van der Waals surface area contributed by atoms with E-state index in [1.165, 1.54) is 0 Å². The van der Waals surface area contributed by atoms with Crippen molar-refractivity contribution >= 4 is 0 Å². The van der Waals surface area contributed by atoms with Gasteiger partial charge in [0.05, 0.1) is 5.92 Å². The smallest absolute Gasteiger partial charge is 0.330 e. The van der Waals surface area contributed by atoms with Crippen molar-refractivity contribution in [2.75, 3.05) is 26.2 Å². The van der Waals surface area contributed by atoms with Crippen molar-refractivity contribution in [2.24, 2.45) is 11.7 Å². The first kappa shape index (κ1) is 11.8. The standard InChI is InChI=1S/C9H17F3N2/c10-9(11,12)8-3-1-5-14(7-8)6-2-4-13/h8H,1-7,13H2. The Balaban J connectivity index is 2.36. The van der Waals surface area contributed by atoms with E-state index in [1.54, 1.807) is 0 Å². The molecule has 1 fully saturated rings. The van der Waals surface area contributed by atoms with Crippen LogP contribution in [0.4, 0.5) is 13.2 Å². The highest BCUT2D eigenvalue weighted by atomic mass is 19.4. The molecule has 0 aromatic carbocycles. The van der Waals surface area contributed by atoms with Crippen LogP contribution in [-0.4, -0.2) is 37.3 Å². The summed E-state index contributed by atoms with van der Waals surface area (Å²) >= 11 is 0. The highest BCUT2D eigenvalue weighted by Gasteiger charge is 2.41. The molecular weight excluding hydrogens is 193 g/mol. The molecule has 0 aromatic heterocycles. The average molecular weight is 210 g/mol. The van der Waals surface area contributed by atoms with Gasteiger partial charge >= 0.3 is 6.18 Å². The van der Waals surface area contributed by atoms with Crippen molar-refractivity contribution < 1.29 is 13.2 Å². The van der Waals surface area contributed by atoms with Crippen molar-refractivity contribution in [1.29, 1.82) is 0 Å². The molecule has 0 bridgehead atoms. The molecular formula is C9H17F3N2. The van der Waals surface area contributed by atoms with Crippen LogP contribution in [0.5, 0.6) is 0 Å². The molecule has 0 aromatic rings. The zero-order valence-corrected chi connectivity index (χ0v) is 8.19. The van der Waals surface area contributed by atoms with Crippen LogP contribution in [0.3, 0.4) is 0 Å². The topological polar surface area (TPSA) is 29.3 Å². The Hall–Kier alpha value is -0.290. The number of nitrogens with two attached hydrogens (primary N) is 1. The zero-order chi connectivity index (χ0) is 10.6. The number of rotatable bonds is 3. The van der Waals surface area contributed by atoms with Crippen LogP contribution < -0.4 is 5.73 Å². The molecule has 2 N–H and O–H groups in total. The Labute approximate surface area is 82.2 Å². The van der Waals surface area contributed by atoms with Crippen molar-refractivity contribution in [1.82, 2.24) is 4.90 Å². The summed E-state index contributed by atoms with van der Waals surface area (Å²) in [5, 5.41) is 0. The van der Waals surface area contributed by atoms with Gasteiger partial charge in [-0.25, -0.2) is 0 Å². The minimum atomic E-state index is -4.03. The number of halogens is 3. The first-order chi connectivity index (χ1) is 6.54. The van der Waals surface area contributed by atoms with Crippen LogP contribution in [0.25, 0.3) is 0 Å². The SMILES string of the molecule is NCCCN1CCCC(C(F)(F)F)C1. The summed E-state index contributed by atoms with van der Waals surface area (Å²) < 4.78 is 37.2. The summed E-state index contributed by atoms with van der Waals surface area (Å²) in [4.78, 5) is 1.87. The van der Waals surface area contributed by atoms with E-state index in [-0.39, 0.29) is 13.0 Å². The Morgan fingerprint density at radius 2 is 2.07 bits per heavy atom. The van der Waals surface area contributed by atoms with Crippen molar-refractivity contribution in [3.8, 4) is 0 Å². The molecule has 14 heavy (non-hydrogen) atoms. The number of nitrogens with zero attached hydrogens (tertiary/aromatic N) is 1. The van der Waals surface area contributed by atoms with E-state index in [4.69, 9.17) is 5.73 Å². The summed E-state index contributed by atoms with van der Waals surface area (Å²) in [7, 11) is 0. The predicted octanol–water partition coefficient (Wildman–Crippen LogP) is 1.61. The fourth-order valence-corrected chi connectivity index (χ4v) is 1.84. The van der Waals surface area contributed by atoms with E-state index < -0.39 is 12.1 Å². The van der Waals surface area contributed by atoms with E-state index in [2.05, 4.69) is 0 Å². The molecule has 1 rings (SSSR count). The molecule has 1 aliphatic rings. The highest BCUT2D eigenvalue weighted by Crippen LogP contribution is 2.32. The fraction of sp³-hybridized carbons (Fsp3) is 1.00. The second-order valence-electron chi connectivity index (χ2n) is 3.82. The predicted molar refractivity (Wildman–Crippen MR) is 48.9 cm³/mol. The average Bonchev–Trinajstić information content (AvgIpc) is 2.14. The summed E-state index contributed by atoms with van der Waals surface area (Å²) in [5.74, 6) is -1.13. The van der Waals surface area contributed by atoms with Gasteiger partial charge in [-0.1, -0.05) is 0 Å². The quantitative estimate of drug-likeness (QED) is 0.766. The molecule has 1 unspecified atom stereocenters. The molecule has 5 heteroatoms. The Kier molecular flexibility index (Phi) is 4.19. The minimum absolute atomic E-state index is 0.156. The molecule has 0 radical (unpaired) electrons. The van der Waals surface area contributed by atoms with Crippen LogP contribution in [0.1, 0.15) is 19.3 Å². The molecule has 0 aliphatic carbocycles. The maximum Gasteiger partial charge on any atom is 0.393 e. The van der Waals surface area contributed by atoms with Gasteiger partial charge in [0.25, 0.3) is 0 Å². The number of likely N-dealkylation sites (tertiary alicyclic amines) is 1. The summed E-state index contributed by atoms with van der Waals surface area (Å²) in [6, 6.07) is 0. The number of hydrogen-bond donors (Lipinski definition) is 1. The highest BCUT2D eigenvalue weighted by molar-refractivity contribution is 4.77. The third-order valence-electron chi connectivity index (χ3n) is 2.65. The molecule has 1 heterocycles. The van der Waals surface area contributed by atoms with Gasteiger partial charge < -0.3 is 10.6 Å². The van der Waals surface area contributed by atoms with E-state index in [0.29, 0.717) is 19.5 Å². The second-order valence-corrected chi connectivity index (χ2v) is 3.82. The first-order valence-corrected chi connectivity index (χ1v) is 5.03. The van der Waals surface area contributed by atoms with Crippen LogP contribution in [0.2, 0.25) is 0 Å². The summed E-state index contributed by atoms with van der Waals surface area (Å²) in [5.41, 5.74) is 5.32. The van der Waals surface area contributed by atoms with Crippen molar-refractivity contribution in [3.63, 3.8) is 0 Å². The fourth-order valence-electron chi connectivity index (χ4n) is 1.84. The van der Waals surface area contributed by atoms with Gasteiger partial charge in [0.2, 0.25) is 0 Å². The molecule has 1 atom stereocenters. The Bertz CT molecular complexity index is 170. The molecule has 0 saturated carbocycles. The van der Waals surface area contributed by atoms with Gasteiger partial charge in [-0.3, -0.25) is 0 Å². The van der Waals surface area contributed by atoms with Gasteiger partial charge in [-0.15, -0.1) is 0 Å². The first-order valence-electron chi connectivity index (χ1n) is 5.03. The minimum Gasteiger partial charge on any atom is -0.330 e. The van der Waals surface area contributed by atoms with Gasteiger partial charge in [0, 0.05) is 6.54 Å². The lowest BCUT2D eigenvalue weighted by atomic mass is 9.97. The molecule has 1 saturated heterocycles. The maximum absolute atomic E-state index is 12.4. The third-order valence-corrected chi connectivity index (χ3v) is 2.65. The summed E-state index contributed by atoms with van der Waals surface area (Å²) in [6.45, 7) is 2.19. The van der Waals surface area contributed by atoms with E-state index in [0.717, 1.165) is 13.0 Å². The van der Waals surface area contributed by atoms with Gasteiger partial charge in [0.1, 0.15) is 0 Å². The monoisotopic (exact) mass is 210 g/mol. The van der Waals surface area contributed by atoms with Gasteiger partial charge in [-0.05, 0) is 38.9 Å². The van der Waals surface area contributed by atoms with Crippen LogP contribution in [0, 0.1) is 5.92 Å². The van der Waals surface area contributed by atoms with E-state index in [1.807, 2.05) is 4.90 Å². The normalized spacial score (nSPS) is 25.3. The van der Waals surface area contributed by atoms with Gasteiger partial charge in [-0.2, -0.15) is 13.2 Å². The van der Waals surface area contributed by atoms with E-state index in [9.17, 15) is 13.2 Å². The lowest BCUT2D eigenvalue weighted by molar-refractivity contribution is -0.186. The van der Waals surface area contributed by atoms with Crippen LogP contribution >= 0.6 is 0 Å². The van der Waals surface area contributed by atoms with E-state index >= 15 is 0 Å². The largest absolute Gasteiger partial charge is 0.393 e. The molecule has 0 spiro atoms. The van der Waals surface area contributed by atoms with Crippen molar-refractivity contribution in [3.05, 3.63) is 0 Å². The van der Waals surface area contributed by atoms with Crippen LogP contribution in [0.15, 0.2) is 0 Å². The Morgan fingerprint density at radius 3 is 2.64 bits per heavy atom. The maximum atomic E-state index is 12.4.